The fourth-order valence-electron chi connectivity index (χ4n) is 1.84. The molecule has 0 saturated heterocycles. The first-order valence-electron chi connectivity index (χ1n) is 6.98. The zero-order valence-corrected chi connectivity index (χ0v) is 13.6. The first kappa shape index (κ1) is 15.7. The molecule has 1 atom stereocenters. The molecule has 1 fully saturated rings. The van der Waals surface area contributed by atoms with Crippen LogP contribution in [0.25, 0.3) is 0 Å². The second kappa shape index (κ2) is 6.83. The molecule has 6 heteroatoms. The van der Waals surface area contributed by atoms with Gasteiger partial charge in [0.25, 0.3) is 0 Å². The zero-order valence-electron chi connectivity index (χ0n) is 11.9. The highest BCUT2D eigenvalue weighted by Gasteiger charge is 2.27. The molecule has 1 aromatic rings. The van der Waals surface area contributed by atoms with Gasteiger partial charge in [-0.25, -0.2) is 13.1 Å². The molecule has 0 radical (unpaired) electrons. The van der Waals surface area contributed by atoms with Crippen molar-refractivity contribution in [2.75, 3.05) is 16.8 Å². The van der Waals surface area contributed by atoms with Crippen molar-refractivity contribution in [3.63, 3.8) is 0 Å². The maximum Gasteiger partial charge on any atom is 0.240 e. The van der Waals surface area contributed by atoms with Crippen LogP contribution in [0.3, 0.4) is 0 Å². The lowest BCUT2D eigenvalue weighted by Gasteiger charge is -2.15. The summed E-state index contributed by atoms with van der Waals surface area (Å²) >= 11 is 1.89. The molecule has 0 heterocycles. The van der Waals surface area contributed by atoms with E-state index in [0.29, 0.717) is 10.9 Å². The molecule has 0 spiro atoms. The van der Waals surface area contributed by atoms with Crippen molar-refractivity contribution >= 4 is 27.5 Å². The molecule has 2 N–H and O–H groups in total. The molecule has 0 aromatic heterocycles. The van der Waals surface area contributed by atoms with Crippen LogP contribution < -0.4 is 10.0 Å². The van der Waals surface area contributed by atoms with Crippen LogP contribution in [0.4, 0.5) is 5.69 Å². The molecule has 1 aliphatic rings. The highest BCUT2D eigenvalue weighted by Crippen LogP contribution is 2.23. The molecular weight excluding hydrogens is 292 g/mol. The van der Waals surface area contributed by atoms with Crippen molar-refractivity contribution < 1.29 is 8.42 Å². The summed E-state index contributed by atoms with van der Waals surface area (Å²) in [6.45, 7) is 4.27. The van der Waals surface area contributed by atoms with Crippen LogP contribution in [0, 0.1) is 0 Å². The second-order valence-electron chi connectivity index (χ2n) is 5.12. The van der Waals surface area contributed by atoms with Gasteiger partial charge >= 0.3 is 0 Å². The largest absolute Gasteiger partial charge is 0.382 e. The summed E-state index contributed by atoms with van der Waals surface area (Å²) in [5.74, 6) is 2.15. The van der Waals surface area contributed by atoms with Gasteiger partial charge in [-0.05, 0) is 49.8 Å². The van der Waals surface area contributed by atoms with Crippen molar-refractivity contribution in [1.82, 2.24) is 4.72 Å². The van der Waals surface area contributed by atoms with Gasteiger partial charge in [0, 0.05) is 23.5 Å². The van der Waals surface area contributed by atoms with Crippen LogP contribution in [0.15, 0.2) is 29.2 Å². The number of benzene rings is 1. The van der Waals surface area contributed by atoms with Crippen LogP contribution in [-0.4, -0.2) is 32.0 Å². The minimum absolute atomic E-state index is 0.142. The Hall–Kier alpha value is -0.720. The summed E-state index contributed by atoms with van der Waals surface area (Å²) < 4.78 is 26.7. The second-order valence-corrected chi connectivity index (χ2v) is 8.16. The first-order chi connectivity index (χ1) is 9.51. The van der Waals surface area contributed by atoms with Crippen LogP contribution in [0.2, 0.25) is 0 Å². The lowest BCUT2D eigenvalue weighted by molar-refractivity contribution is 0.581. The van der Waals surface area contributed by atoms with Gasteiger partial charge in [0.1, 0.15) is 0 Å². The van der Waals surface area contributed by atoms with Crippen LogP contribution in [0.5, 0.6) is 0 Å². The van der Waals surface area contributed by atoms with E-state index in [2.05, 4.69) is 23.9 Å². The van der Waals surface area contributed by atoms with Gasteiger partial charge in [0.05, 0.1) is 4.90 Å². The van der Waals surface area contributed by atoms with Gasteiger partial charge in [-0.15, -0.1) is 0 Å². The van der Waals surface area contributed by atoms with Crippen LogP contribution >= 0.6 is 11.8 Å². The Balaban J connectivity index is 1.95. The molecule has 4 nitrogen and oxygen atoms in total. The van der Waals surface area contributed by atoms with E-state index < -0.39 is 10.0 Å². The lowest BCUT2D eigenvalue weighted by Crippen LogP contribution is -2.25. The molecule has 1 aromatic carbocycles. The summed E-state index contributed by atoms with van der Waals surface area (Å²) in [6.07, 6.45) is 1.90. The third-order valence-electron chi connectivity index (χ3n) is 3.05. The average Bonchev–Trinajstić information content (AvgIpc) is 3.20. The van der Waals surface area contributed by atoms with Crippen molar-refractivity contribution in [3.8, 4) is 0 Å². The Kier molecular flexibility index (Phi) is 5.35. The highest BCUT2D eigenvalue weighted by molar-refractivity contribution is 7.99. The van der Waals surface area contributed by atoms with Crippen LogP contribution in [0.1, 0.15) is 26.7 Å². The van der Waals surface area contributed by atoms with E-state index in [1.54, 1.807) is 12.1 Å². The Morgan fingerprint density at radius 3 is 2.50 bits per heavy atom. The molecule has 20 heavy (non-hydrogen) atoms. The number of anilines is 1. The van der Waals surface area contributed by atoms with Gasteiger partial charge in [-0.3, -0.25) is 0 Å². The molecule has 112 valence electrons. The predicted octanol–water partition coefficient (Wildman–Crippen LogP) is 2.68. The topological polar surface area (TPSA) is 58.2 Å². The average molecular weight is 314 g/mol. The smallest absolute Gasteiger partial charge is 0.240 e. The zero-order chi connectivity index (χ0) is 14.6. The van der Waals surface area contributed by atoms with E-state index in [1.807, 2.05) is 23.9 Å². The first-order valence-corrected chi connectivity index (χ1v) is 9.61. The van der Waals surface area contributed by atoms with Gasteiger partial charge < -0.3 is 5.32 Å². The van der Waals surface area contributed by atoms with Gasteiger partial charge in [-0.1, -0.05) is 6.92 Å². The molecule has 0 bridgehead atoms. The normalized spacial score (nSPS) is 16.9. The molecular formula is C14H22N2O2S2. The molecule has 1 aliphatic carbocycles. The van der Waals surface area contributed by atoms with Gasteiger partial charge in [0.2, 0.25) is 10.0 Å². The van der Waals surface area contributed by atoms with E-state index in [0.717, 1.165) is 30.0 Å². The van der Waals surface area contributed by atoms with E-state index >= 15 is 0 Å². The van der Waals surface area contributed by atoms with E-state index in [-0.39, 0.29) is 6.04 Å². The number of sulfonamides is 1. The molecule has 1 saturated carbocycles. The molecule has 0 aliphatic heterocycles. The Morgan fingerprint density at radius 2 is 1.95 bits per heavy atom. The Bertz CT molecular complexity index is 525. The summed E-state index contributed by atoms with van der Waals surface area (Å²) in [6, 6.07) is 7.48. The number of hydrogen-bond acceptors (Lipinski definition) is 4. The third kappa shape index (κ3) is 4.68. The lowest BCUT2D eigenvalue weighted by atomic mass is 10.3. The maximum atomic E-state index is 12.0. The summed E-state index contributed by atoms with van der Waals surface area (Å²) in [4.78, 5) is 0.338. The highest BCUT2D eigenvalue weighted by atomic mass is 32.2. The predicted molar refractivity (Wildman–Crippen MR) is 85.9 cm³/mol. The van der Waals surface area contributed by atoms with E-state index in [9.17, 15) is 8.42 Å². The number of hydrogen-bond donors (Lipinski definition) is 2. The Labute approximate surface area is 125 Å². The van der Waals surface area contributed by atoms with E-state index in [4.69, 9.17) is 0 Å². The van der Waals surface area contributed by atoms with E-state index in [1.165, 1.54) is 0 Å². The molecule has 0 amide bonds. The van der Waals surface area contributed by atoms with Crippen molar-refractivity contribution in [1.29, 1.82) is 0 Å². The SMILES string of the molecule is CCSCC(C)Nc1ccc(S(=O)(=O)NC2CC2)cc1. The van der Waals surface area contributed by atoms with Crippen LogP contribution in [-0.2, 0) is 10.0 Å². The standard InChI is InChI=1S/C14H22N2O2S2/c1-3-19-10-11(2)15-12-6-8-14(9-7-12)20(17,18)16-13-4-5-13/h6-9,11,13,15-16H,3-5,10H2,1-2H3. The minimum atomic E-state index is -3.34. The van der Waals surface area contributed by atoms with Gasteiger partial charge in [-0.2, -0.15) is 11.8 Å². The summed E-state index contributed by atoms with van der Waals surface area (Å²) in [5.41, 5.74) is 0.958. The van der Waals surface area contributed by atoms with Crippen molar-refractivity contribution in [3.05, 3.63) is 24.3 Å². The number of rotatable bonds is 8. The molecule has 1 unspecified atom stereocenters. The fraction of sp³-hybridized carbons (Fsp3) is 0.571. The number of thioether (sulfide) groups is 1. The quantitative estimate of drug-likeness (QED) is 0.774. The monoisotopic (exact) mass is 314 g/mol. The summed E-state index contributed by atoms with van der Waals surface area (Å²) in [7, 11) is -3.34. The third-order valence-corrected chi connectivity index (χ3v) is 5.73. The van der Waals surface area contributed by atoms with Crippen molar-refractivity contribution in [2.24, 2.45) is 0 Å². The van der Waals surface area contributed by atoms with Gasteiger partial charge in [0.15, 0.2) is 0 Å². The summed E-state index contributed by atoms with van der Waals surface area (Å²) in [5, 5.41) is 3.37. The minimum Gasteiger partial charge on any atom is -0.382 e. The van der Waals surface area contributed by atoms with Crippen molar-refractivity contribution in [2.45, 2.75) is 43.7 Å². The molecule has 2 rings (SSSR count). The fourth-order valence-corrected chi connectivity index (χ4v) is 3.82. The maximum absolute atomic E-state index is 12.0. The Morgan fingerprint density at radius 1 is 1.30 bits per heavy atom. The number of nitrogens with one attached hydrogen (secondary N) is 2.